The number of phosphoric acid groups is 1. The summed E-state index contributed by atoms with van der Waals surface area (Å²) in [5, 5.41) is -0.115. The highest BCUT2D eigenvalue weighted by Gasteiger charge is 2.56. The lowest BCUT2D eigenvalue weighted by Crippen LogP contribution is -2.37. The zero-order valence-corrected chi connectivity index (χ0v) is 28.8. The number of carbonyl (C=O) groups is 3. The van der Waals surface area contributed by atoms with E-state index in [1.54, 1.807) is 55.4 Å². The molecule has 2 saturated heterocycles. The zero-order valence-electron chi connectivity index (χ0n) is 26.2. The Labute approximate surface area is 265 Å². The van der Waals surface area contributed by atoms with Crippen LogP contribution in [0.2, 0.25) is 0 Å². The van der Waals surface area contributed by atoms with E-state index in [2.05, 4.69) is 4.98 Å². The summed E-state index contributed by atoms with van der Waals surface area (Å²) in [6.45, 7) is 13.6. The van der Waals surface area contributed by atoms with Gasteiger partial charge in [0.2, 0.25) is 0 Å². The maximum atomic E-state index is 13.7. The third-order valence-electron chi connectivity index (χ3n) is 6.25. The van der Waals surface area contributed by atoms with Crippen molar-refractivity contribution in [3.63, 3.8) is 0 Å². The predicted octanol–water partition coefficient (Wildman–Crippen LogP) is 3.53. The SMILES string of the molecule is CC1(C)O[C@@H]2[C@H](O1)[C@@H](COP(=O)(OCCSC(=O)C(C)(C)C)OCCSC(=O)C(C)(C)C)O[C@H]2n1ccnc(C(N)=O)c1=O. The van der Waals surface area contributed by atoms with Crippen molar-refractivity contribution in [2.75, 3.05) is 31.3 Å². The Kier molecular flexibility index (Phi) is 12.1. The van der Waals surface area contributed by atoms with Gasteiger partial charge in [-0.15, -0.1) is 0 Å². The van der Waals surface area contributed by atoms with Crippen LogP contribution in [0.5, 0.6) is 0 Å². The molecular formula is C27H42N3O11PS2. The van der Waals surface area contributed by atoms with Crippen LogP contribution in [0.4, 0.5) is 0 Å². The summed E-state index contributed by atoms with van der Waals surface area (Å²) in [5.74, 6) is -1.64. The van der Waals surface area contributed by atoms with E-state index in [4.69, 9.17) is 33.5 Å². The molecule has 4 atom stereocenters. The molecular weight excluding hydrogens is 637 g/mol. The third kappa shape index (κ3) is 9.69. The average Bonchev–Trinajstić information content (AvgIpc) is 3.39. The first-order valence-electron chi connectivity index (χ1n) is 14.0. The fourth-order valence-electron chi connectivity index (χ4n) is 4.09. The van der Waals surface area contributed by atoms with Crippen LogP contribution in [-0.4, -0.2) is 81.1 Å². The molecule has 0 unspecified atom stereocenters. The molecule has 44 heavy (non-hydrogen) atoms. The van der Waals surface area contributed by atoms with Gasteiger partial charge in [-0.2, -0.15) is 0 Å². The number of thioether (sulfide) groups is 2. The maximum Gasteiger partial charge on any atom is 0.474 e. The van der Waals surface area contributed by atoms with Crippen molar-refractivity contribution >= 4 is 47.5 Å². The van der Waals surface area contributed by atoms with Crippen LogP contribution in [0.3, 0.4) is 0 Å². The second-order valence-electron chi connectivity index (χ2n) is 12.7. The number of ether oxygens (including phenoxy) is 3. The first-order chi connectivity index (χ1) is 20.2. The van der Waals surface area contributed by atoms with E-state index in [1.165, 1.54) is 12.4 Å². The minimum atomic E-state index is -4.23. The van der Waals surface area contributed by atoms with Gasteiger partial charge < -0.3 is 19.9 Å². The van der Waals surface area contributed by atoms with E-state index in [1.807, 2.05) is 0 Å². The first-order valence-corrected chi connectivity index (χ1v) is 17.4. The number of rotatable bonds is 13. The second-order valence-corrected chi connectivity index (χ2v) is 16.5. The molecule has 0 aromatic carbocycles. The molecule has 0 saturated carbocycles. The number of amides is 1. The van der Waals surface area contributed by atoms with E-state index in [0.29, 0.717) is 0 Å². The Bertz CT molecular complexity index is 1290. The molecule has 0 spiro atoms. The number of phosphoric ester groups is 1. The van der Waals surface area contributed by atoms with E-state index >= 15 is 0 Å². The first kappa shape index (κ1) is 36.8. The smallest absolute Gasteiger partial charge is 0.364 e. The number of nitrogens with zero attached hydrogens (tertiary/aromatic N) is 2. The van der Waals surface area contributed by atoms with Crippen LogP contribution in [0.25, 0.3) is 0 Å². The van der Waals surface area contributed by atoms with Crippen molar-refractivity contribution in [3.05, 3.63) is 28.4 Å². The number of hydrogen-bond donors (Lipinski definition) is 1. The van der Waals surface area contributed by atoms with Gasteiger partial charge in [-0.3, -0.25) is 37.3 Å². The highest BCUT2D eigenvalue weighted by molar-refractivity contribution is 8.14. The summed E-state index contributed by atoms with van der Waals surface area (Å²) in [7, 11) is -4.23. The van der Waals surface area contributed by atoms with Crippen LogP contribution in [-0.2, 0) is 41.9 Å². The van der Waals surface area contributed by atoms with Crippen molar-refractivity contribution in [3.8, 4) is 0 Å². The van der Waals surface area contributed by atoms with Gasteiger partial charge in [0.05, 0.1) is 19.8 Å². The molecule has 3 rings (SSSR count). The maximum absolute atomic E-state index is 13.7. The molecule has 17 heteroatoms. The largest absolute Gasteiger partial charge is 0.474 e. The van der Waals surface area contributed by atoms with Gasteiger partial charge in [0.1, 0.15) is 18.3 Å². The van der Waals surface area contributed by atoms with Crippen molar-refractivity contribution in [1.82, 2.24) is 9.55 Å². The highest BCUT2D eigenvalue weighted by Crippen LogP contribution is 2.51. The monoisotopic (exact) mass is 679 g/mol. The second kappa shape index (κ2) is 14.4. The van der Waals surface area contributed by atoms with E-state index in [0.717, 1.165) is 28.1 Å². The Morgan fingerprint density at radius 3 is 2.00 bits per heavy atom. The molecule has 0 radical (unpaired) electrons. The zero-order chi connectivity index (χ0) is 33.1. The number of primary amides is 1. The van der Waals surface area contributed by atoms with Crippen molar-refractivity contribution in [2.24, 2.45) is 16.6 Å². The molecule has 0 bridgehead atoms. The van der Waals surface area contributed by atoms with E-state index < -0.39 is 66.1 Å². The number of nitrogens with two attached hydrogens (primary N) is 1. The molecule has 1 amide bonds. The van der Waals surface area contributed by atoms with Gasteiger partial charge in [0, 0.05) is 34.7 Å². The van der Waals surface area contributed by atoms with Gasteiger partial charge in [0.25, 0.3) is 11.5 Å². The lowest BCUT2D eigenvalue weighted by molar-refractivity contribution is -0.200. The Balaban J connectivity index is 1.74. The van der Waals surface area contributed by atoms with Gasteiger partial charge >= 0.3 is 7.82 Å². The summed E-state index contributed by atoms with van der Waals surface area (Å²) in [5.41, 5.74) is 2.94. The Morgan fingerprint density at radius 2 is 1.50 bits per heavy atom. The minimum absolute atomic E-state index is 0.0573. The molecule has 2 aliphatic rings. The van der Waals surface area contributed by atoms with Crippen LogP contribution in [0.1, 0.15) is 72.1 Å². The molecule has 2 aliphatic heterocycles. The number of carbonyl (C=O) groups excluding carboxylic acids is 3. The fourth-order valence-corrected chi connectivity index (χ4v) is 7.09. The van der Waals surface area contributed by atoms with Crippen LogP contribution >= 0.6 is 31.3 Å². The molecule has 14 nitrogen and oxygen atoms in total. The lowest BCUT2D eigenvalue weighted by atomic mass is 9.99. The number of aromatic nitrogens is 2. The number of fused-ring (bicyclic) bond motifs is 1. The van der Waals surface area contributed by atoms with Crippen LogP contribution < -0.4 is 11.3 Å². The third-order valence-corrected chi connectivity index (χ3v) is 10.2. The molecule has 2 fully saturated rings. The van der Waals surface area contributed by atoms with Gasteiger partial charge in [-0.05, 0) is 13.8 Å². The summed E-state index contributed by atoms with van der Waals surface area (Å²) in [4.78, 5) is 53.0. The quantitative estimate of drug-likeness (QED) is 0.236. The van der Waals surface area contributed by atoms with Gasteiger partial charge in [0.15, 0.2) is 27.9 Å². The van der Waals surface area contributed by atoms with Crippen LogP contribution in [0.15, 0.2) is 17.2 Å². The minimum Gasteiger partial charge on any atom is -0.364 e. The lowest BCUT2D eigenvalue weighted by Gasteiger charge is -2.26. The molecule has 2 N–H and O–H groups in total. The Morgan fingerprint density at radius 1 is 0.977 bits per heavy atom. The van der Waals surface area contributed by atoms with E-state index in [-0.39, 0.29) is 41.6 Å². The van der Waals surface area contributed by atoms with Crippen molar-refractivity contribution < 1.29 is 46.7 Å². The van der Waals surface area contributed by atoms with Crippen LogP contribution in [0, 0.1) is 10.8 Å². The highest BCUT2D eigenvalue weighted by atomic mass is 32.2. The normalized spacial score (nSPS) is 23.5. The van der Waals surface area contributed by atoms with Gasteiger partial charge in [-0.25, -0.2) is 9.55 Å². The summed E-state index contributed by atoms with van der Waals surface area (Å²) >= 11 is 2.08. The fraction of sp³-hybridized carbons (Fsp3) is 0.741. The molecule has 248 valence electrons. The number of hydrogen-bond acceptors (Lipinski definition) is 14. The average molecular weight is 680 g/mol. The standard InChI is InChI=1S/C27H42N3O11PS2/c1-25(2,3)23(33)43-13-11-36-42(35,37-12-14-44-24(34)26(4,5)6)38-15-16-18-19(41-27(7,8)40-18)22(39-16)30-10-9-29-17(20(28)31)21(30)32/h9-10,16,18-19,22H,11-15H2,1-8H3,(H2,28,31)/t16-,18-,19-,22-/m1/s1. The Hall–Kier alpha value is -1.62. The molecule has 3 heterocycles. The van der Waals surface area contributed by atoms with Gasteiger partial charge in [-0.1, -0.05) is 65.1 Å². The summed E-state index contributed by atoms with van der Waals surface area (Å²) < 4.78 is 49.8. The summed E-state index contributed by atoms with van der Waals surface area (Å²) in [6, 6.07) is 0. The van der Waals surface area contributed by atoms with Crippen molar-refractivity contribution in [2.45, 2.75) is 85.7 Å². The molecule has 1 aromatic rings. The van der Waals surface area contributed by atoms with E-state index in [9.17, 15) is 23.7 Å². The topological polar surface area (TPSA) is 185 Å². The molecule has 0 aliphatic carbocycles. The molecule has 1 aromatic heterocycles. The predicted molar refractivity (Wildman–Crippen MR) is 164 cm³/mol. The summed E-state index contributed by atoms with van der Waals surface area (Å²) in [6.07, 6.45) is -0.951. The van der Waals surface area contributed by atoms with Crippen molar-refractivity contribution in [1.29, 1.82) is 0 Å².